The zero-order valence-electron chi connectivity index (χ0n) is 13.2. The SMILES string of the molecule is CCCCN(C)c1nncc(Nc2cccc(C)c2C)n1. The summed E-state index contributed by atoms with van der Waals surface area (Å²) >= 11 is 0. The molecule has 0 fully saturated rings. The summed E-state index contributed by atoms with van der Waals surface area (Å²) in [6.45, 7) is 7.31. The van der Waals surface area contributed by atoms with E-state index < -0.39 is 0 Å². The van der Waals surface area contributed by atoms with E-state index in [4.69, 9.17) is 0 Å². The van der Waals surface area contributed by atoms with Gasteiger partial charge in [0, 0.05) is 19.3 Å². The second kappa shape index (κ2) is 7.02. The zero-order valence-corrected chi connectivity index (χ0v) is 13.2. The largest absolute Gasteiger partial charge is 0.343 e. The summed E-state index contributed by atoms with van der Waals surface area (Å²) in [6.07, 6.45) is 3.92. The quantitative estimate of drug-likeness (QED) is 0.880. The van der Waals surface area contributed by atoms with Crippen molar-refractivity contribution in [3.8, 4) is 0 Å². The molecule has 0 saturated heterocycles. The van der Waals surface area contributed by atoms with Gasteiger partial charge in [0.25, 0.3) is 0 Å². The number of rotatable bonds is 6. The van der Waals surface area contributed by atoms with Crippen molar-refractivity contribution in [1.29, 1.82) is 0 Å². The molecule has 5 nitrogen and oxygen atoms in total. The molecule has 1 heterocycles. The van der Waals surface area contributed by atoms with E-state index in [-0.39, 0.29) is 0 Å². The molecule has 0 bridgehead atoms. The lowest BCUT2D eigenvalue weighted by Gasteiger charge is -2.17. The van der Waals surface area contributed by atoms with Gasteiger partial charge < -0.3 is 10.2 Å². The normalized spacial score (nSPS) is 10.5. The van der Waals surface area contributed by atoms with Crippen LogP contribution in [0, 0.1) is 13.8 Å². The van der Waals surface area contributed by atoms with E-state index in [0.717, 1.165) is 30.9 Å². The fourth-order valence-corrected chi connectivity index (χ4v) is 2.04. The third-order valence-corrected chi connectivity index (χ3v) is 3.60. The summed E-state index contributed by atoms with van der Waals surface area (Å²) in [7, 11) is 1.99. The van der Waals surface area contributed by atoms with E-state index in [2.05, 4.69) is 47.3 Å². The number of aryl methyl sites for hydroxylation is 1. The van der Waals surface area contributed by atoms with Gasteiger partial charge in [-0.05, 0) is 37.5 Å². The average molecular weight is 285 g/mol. The van der Waals surface area contributed by atoms with Crippen LogP contribution in [0.25, 0.3) is 0 Å². The van der Waals surface area contributed by atoms with Crippen LogP contribution in [-0.4, -0.2) is 28.8 Å². The van der Waals surface area contributed by atoms with Gasteiger partial charge in [-0.2, -0.15) is 10.1 Å². The standard InChI is InChI=1S/C16H23N5/c1-5-6-10-21(4)16-19-15(11-17-20-16)18-14-9-7-8-12(2)13(14)3/h7-9,11H,5-6,10H2,1-4H3,(H,18,19,20). The Balaban J connectivity index is 2.16. The third-order valence-electron chi connectivity index (χ3n) is 3.60. The van der Waals surface area contributed by atoms with Crippen LogP contribution in [-0.2, 0) is 0 Å². The molecule has 2 aromatic rings. The second-order valence-electron chi connectivity index (χ2n) is 5.29. The Labute approximate surface area is 126 Å². The van der Waals surface area contributed by atoms with E-state index in [1.807, 2.05) is 24.1 Å². The summed E-state index contributed by atoms with van der Waals surface area (Å²) < 4.78 is 0. The van der Waals surface area contributed by atoms with Gasteiger partial charge >= 0.3 is 0 Å². The Hall–Kier alpha value is -2.17. The fourth-order valence-electron chi connectivity index (χ4n) is 2.04. The molecule has 0 unspecified atom stereocenters. The van der Waals surface area contributed by atoms with Crippen molar-refractivity contribution < 1.29 is 0 Å². The molecule has 1 aromatic heterocycles. The lowest BCUT2D eigenvalue weighted by Crippen LogP contribution is -2.21. The Morgan fingerprint density at radius 2 is 2.05 bits per heavy atom. The van der Waals surface area contributed by atoms with Crippen molar-refractivity contribution in [3.63, 3.8) is 0 Å². The molecular formula is C16H23N5. The van der Waals surface area contributed by atoms with E-state index >= 15 is 0 Å². The van der Waals surface area contributed by atoms with Gasteiger partial charge in [0.05, 0.1) is 6.20 Å². The van der Waals surface area contributed by atoms with E-state index in [0.29, 0.717) is 5.95 Å². The van der Waals surface area contributed by atoms with Crippen LogP contribution in [0.2, 0.25) is 0 Å². The van der Waals surface area contributed by atoms with E-state index in [1.54, 1.807) is 6.20 Å². The first-order valence-electron chi connectivity index (χ1n) is 7.36. The van der Waals surface area contributed by atoms with Crippen LogP contribution in [0.1, 0.15) is 30.9 Å². The minimum Gasteiger partial charge on any atom is -0.343 e. The Morgan fingerprint density at radius 3 is 2.81 bits per heavy atom. The van der Waals surface area contributed by atoms with Gasteiger partial charge in [0.2, 0.25) is 5.95 Å². The summed E-state index contributed by atoms with van der Waals surface area (Å²) in [5, 5.41) is 11.5. The fraction of sp³-hybridized carbons (Fsp3) is 0.438. The molecule has 112 valence electrons. The summed E-state index contributed by atoms with van der Waals surface area (Å²) in [4.78, 5) is 6.57. The highest BCUT2D eigenvalue weighted by Crippen LogP contribution is 2.21. The number of unbranched alkanes of at least 4 members (excludes halogenated alkanes) is 1. The van der Waals surface area contributed by atoms with Gasteiger partial charge in [-0.25, -0.2) is 0 Å². The Bertz CT molecular complexity index is 597. The van der Waals surface area contributed by atoms with Gasteiger partial charge in [-0.15, -0.1) is 5.10 Å². The lowest BCUT2D eigenvalue weighted by atomic mass is 10.1. The van der Waals surface area contributed by atoms with Crippen LogP contribution in [0.4, 0.5) is 17.5 Å². The summed E-state index contributed by atoms with van der Waals surface area (Å²) in [5.41, 5.74) is 3.52. The highest BCUT2D eigenvalue weighted by Gasteiger charge is 2.07. The number of benzene rings is 1. The van der Waals surface area contributed by atoms with Crippen molar-refractivity contribution in [2.75, 3.05) is 23.8 Å². The number of hydrogen-bond donors (Lipinski definition) is 1. The third kappa shape index (κ3) is 3.90. The van der Waals surface area contributed by atoms with Crippen LogP contribution >= 0.6 is 0 Å². The number of nitrogens with zero attached hydrogens (tertiary/aromatic N) is 4. The van der Waals surface area contributed by atoms with Crippen molar-refractivity contribution in [3.05, 3.63) is 35.5 Å². The van der Waals surface area contributed by atoms with Gasteiger partial charge in [0.15, 0.2) is 5.82 Å². The van der Waals surface area contributed by atoms with Gasteiger partial charge in [-0.3, -0.25) is 0 Å². The van der Waals surface area contributed by atoms with Crippen LogP contribution < -0.4 is 10.2 Å². The molecule has 1 aromatic carbocycles. The molecule has 5 heteroatoms. The predicted octanol–water partition coefficient (Wildman–Crippen LogP) is 3.47. The van der Waals surface area contributed by atoms with Gasteiger partial charge in [0.1, 0.15) is 0 Å². The Kier molecular flexibility index (Phi) is 5.09. The highest BCUT2D eigenvalue weighted by molar-refractivity contribution is 5.61. The van der Waals surface area contributed by atoms with Gasteiger partial charge in [-0.1, -0.05) is 25.5 Å². The number of nitrogens with one attached hydrogen (secondary N) is 1. The van der Waals surface area contributed by atoms with Crippen molar-refractivity contribution in [1.82, 2.24) is 15.2 Å². The molecule has 21 heavy (non-hydrogen) atoms. The molecule has 0 amide bonds. The second-order valence-corrected chi connectivity index (χ2v) is 5.29. The molecule has 0 saturated carbocycles. The maximum Gasteiger partial charge on any atom is 0.247 e. The molecule has 0 spiro atoms. The number of hydrogen-bond acceptors (Lipinski definition) is 5. The molecule has 1 N–H and O–H groups in total. The molecular weight excluding hydrogens is 262 g/mol. The van der Waals surface area contributed by atoms with Crippen LogP contribution in [0.3, 0.4) is 0 Å². The van der Waals surface area contributed by atoms with Crippen LogP contribution in [0.5, 0.6) is 0 Å². The first kappa shape index (κ1) is 15.2. The highest BCUT2D eigenvalue weighted by atomic mass is 15.3. The molecule has 0 atom stereocenters. The molecule has 0 aliphatic rings. The minimum atomic E-state index is 0.652. The molecule has 0 aliphatic carbocycles. The predicted molar refractivity (Wildman–Crippen MR) is 87.2 cm³/mol. The smallest absolute Gasteiger partial charge is 0.247 e. The topological polar surface area (TPSA) is 53.9 Å². The maximum absolute atomic E-state index is 4.53. The van der Waals surface area contributed by atoms with Crippen molar-refractivity contribution in [2.24, 2.45) is 0 Å². The monoisotopic (exact) mass is 285 g/mol. The van der Waals surface area contributed by atoms with E-state index in [9.17, 15) is 0 Å². The van der Waals surface area contributed by atoms with Crippen molar-refractivity contribution >= 4 is 17.5 Å². The minimum absolute atomic E-state index is 0.652. The summed E-state index contributed by atoms with van der Waals surface area (Å²) in [6, 6.07) is 6.18. The maximum atomic E-state index is 4.53. The molecule has 0 radical (unpaired) electrons. The number of aromatic nitrogens is 3. The van der Waals surface area contributed by atoms with Crippen LogP contribution in [0.15, 0.2) is 24.4 Å². The first-order chi connectivity index (χ1) is 10.1. The lowest BCUT2D eigenvalue weighted by molar-refractivity contribution is 0.741. The Morgan fingerprint density at radius 1 is 1.24 bits per heavy atom. The zero-order chi connectivity index (χ0) is 15.2. The van der Waals surface area contributed by atoms with Crippen molar-refractivity contribution in [2.45, 2.75) is 33.6 Å². The average Bonchev–Trinajstić information content (AvgIpc) is 2.50. The number of anilines is 3. The van der Waals surface area contributed by atoms with E-state index in [1.165, 1.54) is 11.1 Å². The summed E-state index contributed by atoms with van der Waals surface area (Å²) in [5.74, 6) is 1.37. The first-order valence-corrected chi connectivity index (χ1v) is 7.36. The molecule has 2 rings (SSSR count). The molecule has 0 aliphatic heterocycles.